The molecule has 148 valence electrons. The number of rotatable bonds is 5. The number of aryl methyl sites for hydroxylation is 1. The lowest BCUT2D eigenvalue weighted by atomic mass is 9.73. The highest BCUT2D eigenvalue weighted by atomic mass is 16.4. The highest BCUT2D eigenvalue weighted by Gasteiger charge is 2.43. The van der Waals surface area contributed by atoms with Crippen LogP contribution < -0.4 is 0 Å². The monoisotopic (exact) mass is 387 g/mol. The van der Waals surface area contributed by atoms with Crippen molar-refractivity contribution in [3.8, 4) is 0 Å². The summed E-state index contributed by atoms with van der Waals surface area (Å²) in [6.45, 7) is 0.968. The Labute approximate surface area is 170 Å². The van der Waals surface area contributed by atoms with E-state index in [4.69, 9.17) is 0 Å². The van der Waals surface area contributed by atoms with E-state index in [1.807, 2.05) is 47.4 Å². The summed E-state index contributed by atoms with van der Waals surface area (Å²) in [5, 5.41) is 12.3. The highest BCUT2D eigenvalue weighted by molar-refractivity contribution is 5.84. The van der Waals surface area contributed by atoms with Gasteiger partial charge in [0.05, 0.1) is 5.41 Å². The fourth-order valence-corrected chi connectivity index (χ4v) is 4.32. The average Bonchev–Trinajstić information content (AvgIpc) is 2.78. The summed E-state index contributed by atoms with van der Waals surface area (Å²) in [7, 11) is 0. The van der Waals surface area contributed by atoms with Crippen molar-refractivity contribution in [2.45, 2.75) is 31.1 Å². The third-order valence-corrected chi connectivity index (χ3v) is 6.15. The summed E-state index contributed by atoms with van der Waals surface area (Å²) in [4.78, 5) is 26.6. The molecule has 3 aromatic rings. The quantitative estimate of drug-likeness (QED) is 0.705. The number of aliphatic carboxylic acids is 1. The van der Waals surface area contributed by atoms with Crippen LogP contribution >= 0.6 is 0 Å². The lowest BCUT2D eigenvalue weighted by Gasteiger charge is -2.39. The fourth-order valence-electron chi connectivity index (χ4n) is 4.32. The molecule has 1 amide bonds. The number of carbonyl (C=O) groups is 2. The van der Waals surface area contributed by atoms with Crippen molar-refractivity contribution in [2.24, 2.45) is 0 Å². The second-order valence-electron chi connectivity index (χ2n) is 7.82. The van der Waals surface area contributed by atoms with Crippen molar-refractivity contribution in [1.29, 1.82) is 0 Å². The fraction of sp³-hybridized carbons (Fsp3) is 0.280. The molecule has 4 rings (SSSR count). The van der Waals surface area contributed by atoms with E-state index in [9.17, 15) is 14.7 Å². The normalized spacial score (nSPS) is 15.9. The summed E-state index contributed by atoms with van der Waals surface area (Å²) < 4.78 is 0. The molecular weight excluding hydrogens is 362 g/mol. The maximum Gasteiger partial charge on any atom is 0.314 e. The van der Waals surface area contributed by atoms with Gasteiger partial charge < -0.3 is 10.0 Å². The summed E-state index contributed by atoms with van der Waals surface area (Å²) in [6.07, 6.45) is 2.05. The molecule has 1 heterocycles. The zero-order chi connectivity index (χ0) is 20.3. The molecule has 4 heteroatoms. The third kappa shape index (κ3) is 3.88. The number of fused-ring (bicyclic) bond motifs is 1. The van der Waals surface area contributed by atoms with E-state index in [1.165, 1.54) is 10.8 Å². The van der Waals surface area contributed by atoms with Crippen LogP contribution in [0.25, 0.3) is 10.8 Å². The topological polar surface area (TPSA) is 57.6 Å². The SMILES string of the molecule is O=C(CCc1ccc2ccccc2c1)N1CCC(C(=O)O)(c2ccccc2)CC1. The van der Waals surface area contributed by atoms with Gasteiger partial charge in [0.1, 0.15) is 0 Å². The van der Waals surface area contributed by atoms with Crippen molar-refractivity contribution in [2.75, 3.05) is 13.1 Å². The van der Waals surface area contributed by atoms with Gasteiger partial charge >= 0.3 is 5.97 Å². The van der Waals surface area contributed by atoms with Crippen LogP contribution in [0.5, 0.6) is 0 Å². The molecule has 3 aromatic carbocycles. The Hall–Kier alpha value is -3.14. The minimum atomic E-state index is -0.892. The minimum Gasteiger partial charge on any atom is -0.481 e. The summed E-state index contributed by atoms with van der Waals surface area (Å²) in [5.74, 6) is -0.697. The van der Waals surface area contributed by atoms with Crippen molar-refractivity contribution in [3.63, 3.8) is 0 Å². The first-order valence-electron chi connectivity index (χ1n) is 10.1. The van der Waals surface area contributed by atoms with E-state index in [-0.39, 0.29) is 5.91 Å². The van der Waals surface area contributed by atoms with Crippen molar-refractivity contribution in [1.82, 2.24) is 4.90 Å². The number of carbonyl (C=O) groups excluding carboxylic acids is 1. The maximum absolute atomic E-state index is 12.7. The van der Waals surface area contributed by atoms with Crippen LogP contribution in [0.4, 0.5) is 0 Å². The van der Waals surface area contributed by atoms with Crippen LogP contribution in [0.1, 0.15) is 30.4 Å². The Morgan fingerprint density at radius 3 is 2.21 bits per heavy atom. The van der Waals surface area contributed by atoms with Gasteiger partial charge in [-0.15, -0.1) is 0 Å². The van der Waals surface area contributed by atoms with Crippen molar-refractivity contribution >= 4 is 22.6 Å². The van der Waals surface area contributed by atoms with E-state index >= 15 is 0 Å². The molecule has 1 aliphatic heterocycles. The van der Waals surface area contributed by atoms with Gasteiger partial charge in [-0.3, -0.25) is 9.59 Å². The number of likely N-dealkylation sites (tertiary alicyclic amines) is 1. The van der Waals surface area contributed by atoms with Crippen molar-refractivity contribution in [3.05, 3.63) is 83.9 Å². The van der Waals surface area contributed by atoms with Crippen molar-refractivity contribution < 1.29 is 14.7 Å². The number of benzene rings is 3. The average molecular weight is 387 g/mol. The van der Waals surface area contributed by atoms with Gasteiger partial charge in [0.2, 0.25) is 5.91 Å². The van der Waals surface area contributed by atoms with E-state index in [2.05, 4.69) is 30.3 Å². The highest BCUT2D eigenvalue weighted by Crippen LogP contribution is 2.36. The Balaban J connectivity index is 1.39. The zero-order valence-electron chi connectivity index (χ0n) is 16.4. The molecule has 0 unspecified atom stereocenters. The largest absolute Gasteiger partial charge is 0.481 e. The second-order valence-corrected chi connectivity index (χ2v) is 7.82. The molecular formula is C25H25NO3. The van der Waals surface area contributed by atoms with Gasteiger partial charge in [-0.05, 0) is 41.2 Å². The number of nitrogens with zero attached hydrogens (tertiary/aromatic N) is 1. The van der Waals surface area contributed by atoms with E-state index in [1.54, 1.807) is 0 Å². The van der Waals surface area contributed by atoms with Gasteiger partial charge in [-0.25, -0.2) is 0 Å². The molecule has 1 fully saturated rings. The predicted octanol–water partition coefficient (Wildman–Crippen LogP) is 4.42. The van der Waals surface area contributed by atoms with Gasteiger partial charge in [-0.2, -0.15) is 0 Å². The second kappa shape index (κ2) is 8.08. The number of hydrogen-bond acceptors (Lipinski definition) is 2. The molecule has 4 nitrogen and oxygen atoms in total. The molecule has 0 aliphatic carbocycles. The standard InChI is InChI=1S/C25H25NO3/c27-23(13-11-19-10-12-20-6-4-5-7-21(20)18-19)26-16-14-25(15-17-26,24(28)29)22-8-2-1-3-9-22/h1-10,12,18H,11,13-17H2,(H,28,29). The molecule has 1 aliphatic rings. The lowest BCUT2D eigenvalue weighted by Crippen LogP contribution is -2.49. The zero-order valence-corrected chi connectivity index (χ0v) is 16.4. The van der Waals surface area contributed by atoms with Gasteiger partial charge in [0.25, 0.3) is 0 Å². The molecule has 0 spiro atoms. The molecule has 0 bridgehead atoms. The predicted molar refractivity (Wildman–Crippen MR) is 114 cm³/mol. The van der Waals surface area contributed by atoms with Crippen LogP contribution in [0, 0.1) is 0 Å². The summed E-state index contributed by atoms with van der Waals surface area (Å²) in [6, 6.07) is 23.9. The Morgan fingerprint density at radius 1 is 0.862 bits per heavy atom. The summed E-state index contributed by atoms with van der Waals surface area (Å²) in [5.41, 5.74) is 1.09. The molecule has 0 aromatic heterocycles. The Morgan fingerprint density at radius 2 is 1.52 bits per heavy atom. The third-order valence-electron chi connectivity index (χ3n) is 6.15. The van der Waals surface area contributed by atoms with Gasteiger partial charge in [-0.1, -0.05) is 72.8 Å². The smallest absolute Gasteiger partial charge is 0.314 e. The molecule has 29 heavy (non-hydrogen) atoms. The number of carboxylic acid groups (broad SMARTS) is 1. The van der Waals surface area contributed by atoms with E-state index in [0.29, 0.717) is 38.8 Å². The number of piperidine rings is 1. The minimum absolute atomic E-state index is 0.102. The van der Waals surface area contributed by atoms with Crippen LogP contribution in [0.15, 0.2) is 72.8 Å². The van der Waals surface area contributed by atoms with Crippen LogP contribution in [0.2, 0.25) is 0 Å². The number of carboxylic acids is 1. The van der Waals surface area contributed by atoms with Crippen LogP contribution in [-0.2, 0) is 21.4 Å². The number of amides is 1. The van der Waals surface area contributed by atoms with E-state index < -0.39 is 11.4 Å². The Kier molecular flexibility index (Phi) is 5.34. The maximum atomic E-state index is 12.7. The number of hydrogen-bond donors (Lipinski definition) is 1. The molecule has 0 saturated carbocycles. The molecule has 0 radical (unpaired) electrons. The van der Waals surface area contributed by atoms with Gasteiger partial charge in [0, 0.05) is 19.5 Å². The summed E-state index contributed by atoms with van der Waals surface area (Å²) >= 11 is 0. The van der Waals surface area contributed by atoms with Gasteiger partial charge in [0.15, 0.2) is 0 Å². The molecule has 1 N–H and O–H groups in total. The van der Waals surface area contributed by atoms with E-state index in [0.717, 1.165) is 11.1 Å². The first kappa shape index (κ1) is 19.2. The van der Waals surface area contributed by atoms with Crippen LogP contribution in [-0.4, -0.2) is 35.0 Å². The first-order valence-corrected chi connectivity index (χ1v) is 10.1. The molecule has 1 saturated heterocycles. The Bertz CT molecular complexity index is 1020. The van der Waals surface area contributed by atoms with Crippen LogP contribution in [0.3, 0.4) is 0 Å². The lowest BCUT2D eigenvalue weighted by molar-refractivity contribution is -0.148. The first-order chi connectivity index (χ1) is 14.1. The molecule has 0 atom stereocenters.